The normalized spacial score (nSPS) is 20.8. The van der Waals surface area contributed by atoms with E-state index in [9.17, 15) is 4.79 Å². The van der Waals surface area contributed by atoms with Gasteiger partial charge in [0, 0.05) is 37.5 Å². The van der Waals surface area contributed by atoms with E-state index >= 15 is 0 Å². The van der Waals surface area contributed by atoms with Crippen molar-refractivity contribution in [2.45, 2.75) is 64.7 Å². The van der Waals surface area contributed by atoms with Crippen LogP contribution in [0.3, 0.4) is 0 Å². The topological polar surface area (TPSA) is 49.3 Å². The average molecular weight is 435 g/mol. The van der Waals surface area contributed by atoms with Crippen LogP contribution in [-0.2, 0) is 24.1 Å². The molecule has 1 aliphatic heterocycles. The monoisotopic (exact) mass is 434 g/mol. The lowest BCUT2D eigenvalue weighted by Gasteiger charge is -2.36. The summed E-state index contributed by atoms with van der Waals surface area (Å²) >= 11 is 7.89. The molecule has 7 heteroatoms. The summed E-state index contributed by atoms with van der Waals surface area (Å²) in [6.07, 6.45) is 6.72. The van der Waals surface area contributed by atoms with E-state index in [0.29, 0.717) is 13.1 Å². The van der Waals surface area contributed by atoms with E-state index in [0.717, 1.165) is 67.6 Å². The summed E-state index contributed by atoms with van der Waals surface area (Å²) in [6, 6.07) is 0. The number of fused-ring (bicyclic) bond motifs is 3. The number of carbonyl (C=O) groups is 1. The molecule has 2 atom stereocenters. The maximum atomic E-state index is 12.3. The Bertz CT molecular complexity index is 889. The number of aryl methyl sites for hydroxylation is 2. The van der Waals surface area contributed by atoms with Crippen molar-refractivity contribution in [2.75, 3.05) is 31.1 Å². The number of halogens is 1. The lowest BCUT2D eigenvalue weighted by molar-refractivity contribution is -0.130. The van der Waals surface area contributed by atoms with Gasteiger partial charge in [0.25, 0.3) is 0 Å². The van der Waals surface area contributed by atoms with E-state index < -0.39 is 5.38 Å². The van der Waals surface area contributed by atoms with Crippen molar-refractivity contribution in [3.05, 3.63) is 16.3 Å². The summed E-state index contributed by atoms with van der Waals surface area (Å²) in [6.45, 7) is 9.32. The Balaban J connectivity index is 1.67. The number of hydrogen-bond acceptors (Lipinski definition) is 5. The zero-order chi connectivity index (χ0) is 20.5. The van der Waals surface area contributed by atoms with Gasteiger partial charge >= 0.3 is 0 Å². The van der Waals surface area contributed by atoms with Crippen molar-refractivity contribution in [1.82, 2.24) is 14.9 Å². The van der Waals surface area contributed by atoms with E-state index in [-0.39, 0.29) is 5.91 Å². The summed E-state index contributed by atoms with van der Waals surface area (Å²) in [5.74, 6) is 2.84. The molecule has 4 rings (SSSR count). The van der Waals surface area contributed by atoms with Crippen molar-refractivity contribution in [3.63, 3.8) is 0 Å². The van der Waals surface area contributed by atoms with E-state index in [4.69, 9.17) is 21.6 Å². The summed E-state index contributed by atoms with van der Waals surface area (Å²) in [5.41, 5.74) is 1.48. The third-order valence-electron chi connectivity index (χ3n) is 6.17. The van der Waals surface area contributed by atoms with E-state index in [1.165, 1.54) is 22.2 Å². The standard InChI is InChI=1S/C22H31ClN4OS/c1-4-5-6-18-24-20(26-9-11-27(12-10-26)22(28)15(3)23)19-16-8-7-14(2)13-17(16)29-21(19)25-18/h14-15H,4-13H2,1-3H3/t14-,15-/m0/s1. The van der Waals surface area contributed by atoms with E-state index in [1.807, 2.05) is 16.2 Å². The summed E-state index contributed by atoms with van der Waals surface area (Å²) in [4.78, 5) is 29.2. The lowest BCUT2D eigenvalue weighted by Crippen LogP contribution is -2.50. The quantitative estimate of drug-likeness (QED) is 0.653. The molecule has 2 aromatic rings. The number of amides is 1. The molecule has 1 fully saturated rings. The molecule has 0 radical (unpaired) electrons. The Morgan fingerprint density at radius 2 is 2.03 bits per heavy atom. The van der Waals surface area contributed by atoms with E-state index in [2.05, 4.69) is 18.7 Å². The molecule has 0 saturated carbocycles. The number of alkyl halides is 1. The first-order valence-electron chi connectivity index (χ1n) is 11.0. The number of piperazine rings is 1. The second kappa shape index (κ2) is 8.76. The van der Waals surface area contributed by atoms with Gasteiger partial charge in [0.05, 0.1) is 5.39 Å². The van der Waals surface area contributed by atoms with Gasteiger partial charge in [-0.1, -0.05) is 20.3 Å². The highest BCUT2D eigenvalue weighted by Crippen LogP contribution is 2.41. The van der Waals surface area contributed by atoms with Crippen LogP contribution in [0.15, 0.2) is 0 Å². The number of carbonyl (C=O) groups excluding carboxylic acids is 1. The molecule has 1 saturated heterocycles. The minimum absolute atomic E-state index is 0.0321. The smallest absolute Gasteiger partial charge is 0.240 e. The molecular weight excluding hydrogens is 404 g/mol. The molecule has 2 aliphatic rings. The number of hydrogen-bond donors (Lipinski definition) is 0. The van der Waals surface area contributed by atoms with Gasteiger partial charge in [-0.2, -0.15) is 0 Å². The van der Waals surface area contributed by atoms with Crippen LogP contribution in [0.5, 0.6) is 0 Å². The van der Waals surface area contributed by atoms with Crippen LogP contribution in [0.4, 0.5) is 5.82 Å². The van der Waals surface area contributed by atoms with Gasteiger partial charge in [-0.15, -0.1) is 22.9 Å². The number of aromatic nitrogens is 2. The van der Waals surface area contributed by atoms with Crippen LogP contribution in [-0.4, -0.2) is 52.3 Å². The maximum absolute atomic E-state index is 12.3. The van der Waals surface area contributed by atoms with Gasteiger partial charge in [0.15, 0.2) is 0 Å². The summed E-state index contributed by atoms with van der Waals surface area (Å²) in [7, 11) is 0. The molecule has 0 aromatic carbocycles. The maximum Gasteiger partial charge on any atom is 0.240 e. The van der Waals surface area contributed by atoms with Gasteiger partial charge in [-0.3, -0.25) is 4.79 Å². The Morgan fingerprint density at radius 3 is 2.72 bits per heavy atom. The number of thiophene rings is 1. The highest BCUT2D eigenvalue weighted by atomic mass is 35.5. The molecule has 0 N–H and O–H groups in total. The van der Waals surface area contributed by atoms with Crippen molar-refractivity contribution < 1.29 is 4.79 Å². The fraction of sp³-hybridized carbons (Fsp3) is 0.682. The summed E-state index contributed by atoms with van der Waals surface area (Å²) in [5, 5.41) is 0.821. The Kier molecular flexibility index (Phi) is 6.30. The Morgan fingerprint density at radius 1 is 1.28 bits per heavy atom. The molecule has 158 valence electrons. The largest absolute Gasteiger partial charge is 0.352 e. The molecule has 1 aliphatic carbocycles. The van der Waals surface area contributed by atoms with Gasteiger partial charge in [-0.05, 0) is 44.1 Å². The highest BCUT2D eigenvalue weighted by molar-refractivity contribution is 7.19. The molecular formula is C22H31ClN4OS. The number of anilines is 1. The molecule has 5 nitrogen and oxygen atoms in total. The van der Waals surface area contributed by atoms with Crippen LogP contribution in [0, 0.1) is 5.92 Å². The molecule has 1 amide bonds. The first-order valence-corrected chi connectivity index (χ1v) is 12.2. The first-order chi connectivity index (χ1) is 14.0. The molecule has 29 heavy (non-hydrogen) atoms. The van der Waals surface area contributed by atoms with Crippen LogP contribution in [0.2, 0.25) is 0 Å². The van der Waals surface area contributed by atoms with Crippen LogP contribution < -0.4 is 4.90 Å². The van der Waals surface area contributed by atoms with Crippen molar-refractivity contribution >= 4 is 44.9 Å². The third kappa shape index (κ3) is 4.24. The number of unbranched alkanes of at least 4 members (excludes halogenated alkanes) is 1. The molecule has 2 aromatic heterocycles. The second-order valence-corrected chi connectivity index (χ2v) is 10.3. The lowest BCUT2D eigenvalue weighted by atomic mass is 9.89. The van der Waals surface area contributed by atoms with Crippen molar-refractivity contribution in [3.8, 4) is 0 Å². The second-order valence-electron chi connectivity index (χ2n) is 8.53. The Hall–Kier alpha value is -1.40. The van der Waals surface area contributed by atoms with Gasteiger partial charge in [0.1, 0.15) is 21.8 Å². The minimum atomic E-state index is -0.459. The van der Waals surface area contributed by atoms with Crippen LogP contribution in [0.1, 0.15) is 56.3 Å². The van der Waals surface area contributed by atoms with Crippen molar-refractivity contribution in [1.29, 1.82) is 0 Å². The Labute approximate surface area is 182 Å². The SMILES string of the molecule is CCCCc1nc(N2CCN(C(=O)[C@H](C)Cl)CC2)c2c3c(sc2n1)C[C@@H](C)CC3. The third-order valence-corrected chi connectivity index (χ3v) is 7.50. The predicted octanol–water partition coefficient (Wildman–Crippen LogP) is 4.43. The molecule has 0 bridgehead atoms. The van der Waals surface area contributed by atoms with Crippen LogP contribution in [0.25, 0.3) is 10.2 Å². The van der Waals surface area contributed by atoms with Crippen LogP contribution >= 0.6 is 22.9 Å². The van der Waals surface area contributed by atoms with Gasteiger partial charge < -0.3 is 9.80 Å². The predicted molar refractivity (Wildman–Crippen MR) is 121 cm³/mol. The van der Waals surface area contributed by atoms with Gasteiger partial charge in [-0.25, -0.2) is 9.97 Å². The zero-order valence-electron chi connectivity index (χ0n) is 17.7. The van der Waals surface area contributed by atoms with Crippen molar-refractivity contribution in [2.24, 2.45) is 5.92 Å². The molecule has 3 heterocycles. The fourth-order valence-electron chi connectivity index (χ4n) is 4.43. The minimum Gasteiger partial charge on any atom is -0.352 e. The fourth-order valence-corrected chi connectivity index (χ4v) is 5.97. The van der Waals surface area contributed by atoms with Gasteiger partial charge in [0.2, 0.25) is 5.91 Å². The number of rotatable bonds is 5. The molecule has 0 unspecified atom stereocenters. The summed E-state index contributed by atoms with van der Waals surface area (Å²) < 4.78 is 0. The molecule has 0 spiro atoms. The average Bonchev–Trinajstić information content (AvgIpc) is 3.08. The van der Waals surface area contributed by atoms with E-state index in [1.54, 1.807) is 6.92 Å². The highest BCUT2D eigenvalue weighted by Gasteiger charge is 2.29. The number of nitrogens with zero attached hydrogens (tertiary/aromatic N) is 4. The first kappa shape index (κ1) is 20.9. The zero-order valence-corrected chi connectivity index (χ0v) is 19.3.